The highest BCUT2D eigenvalue weighted by atomic mass is 19.4. The molecule has 2 aromatic heterocycles. The molecule has 5 nitrogen and oxygen atoms in total. The molecule has 0 bridgehead atoms. The number of fused-ring (bicyclic) bond motifs is 2. The highest BCUT2D eigenvalue weighted by Gasteiger charge is 2.35. The molecule has 8 heteroatoms. The molecule has 26 heavy (non-hydrogen) atoms. The minimum Gasteiger partial charge on any atom is -0.345 e. The van der Waals surface area contributed by atoms with Crippen LogP contribution in [0, 0.1) is 6.92 Å². The number of halogens is 3. The topological polar surface area (TPSA) is 59.3 Å². The Labute approximate surface area is 146 Å². The highest BCUT2D eigenvalue weighted by molar-refractivity contribution is 6.00. The summed E-state index contributed by atoms with van der Waals surface area (Å²) in [5.41, 5.74) is 1.36. The Hall–Kier alpha value is -2.90. The van der Waals surface area contributed by atoms with E-state index < -0.39 is 17.8 Å². The Morgan fingerprint density at radius 1 is 1.31 bits per heavy atom. The van der Waals surface area contributed by atoms with Crippen molar-refractivity contribution in [3.8, 4) is 0 Å². The molecule has 0 aliphatic heterocycles. The maximum absolute atomic E-state index is 13.2. The van der Waals surface area contributed by atoms with Crippen LogP contribution in [-0.4, -0.2) is 20.5 Å². The van der Waals surface area contributed by atoms with Crippen LogP contribution in [0.2, 0.25) is 0 Å². The standard InChI is InChI=1S/C18H15F3N4O/c1-10-8-15(18(19,20)21)25-16(23-10)13(9-22-25)17(26)24-14-7-6-11-4-2-3-5-12(11)14/h2-5,8-9,14H,6-7H2,1H3,(H,24,26)/t14-/m1/s1. The van der Waals surface area contributed by atoms with Gasteiger partial charge in [-0.2, -0.15) is 18.3 Å². The van der Waals surface area contributed by atoms with E-state index >= 15 is 0 Å². The van der Waals surface area contributed by atoms with Gasteiger partial charge in [0.25, 0.3) is 5.91 Å². The fraction of sp³-hybridized carbons (Fsp3) is 0.278. The van der Waals surface area contributed by atoms with Gasteiger partial charge in [0.1, 0.15) is 11.3 Å². The maximum atomic E-state index is 13.2. The van der Waals surface area contributed by atoms with Crippen molar-refractivity contribution in [2.24, 2.45) is 0 Å². The van der Waals surface area contributed by atoms with Gasteiger partial charge in [-0.05, 0) is 37.0 Å². The van der Waals surface area contributed by atoms with Gasteiger partial charge < -0.3 is 5.32 Å². The largest absolute Gasteiger partial charge is 0.433 e. The van der Waals surface area contributed by atoms with Crippen molar-refractivity contribution in [1.29, 1.82) is 0 Å². The molecule has 1 aliphatic carbocycles. The lowest BCUT2D eigenvalue weighted by Crippen LogP contribution is -2.27. The van der Waals surface area contributed by atoms with Crippen molar-refractivity contribution in [2.75, 3.05) is 0 Å². The first-order valence-corrected chi connectivity index (χ1v) is 8.16. The minimum atomic E-state index is -4.59. The van der Waals surface area contributed by atoms with E-state index in [4.69, 9.17) is 0 Å². The molecule has 1 atom stereocenters. The summed E-state index contributed by atoms with van der Waals surface area (Å²) in [7, 11) is 0. The average molecular weight is 360 g/mol. The Morgan fingerprint density at radius 2 is 2.08 bits per heavy atom. The summed E-state index contributed by atoms with van der Waals surface area (Å²) in [6, 6.07) is 8.55. The Kier molecular flexibility index (Phi) is 3.71. The summed E-state index contributed by atoms with van der Waals surface area (Å²) in [4.78, 5) is 16.8. The van der Waals surface area contributed by atoms with Crippen LogP contribution in [0.15, 0.2) is 36.5 Å². The van der Waals surface area contributed by atoms with Crippen LogP contribution in [0.3, 0.4) is 0 Å². The monoisotopic (exact) mass is 360 g/mol. The number of aromatic nitrogens is 3. The van der Waals surface area contributed by atoms with Crippen molar-refractivity contribution < 1.29 is 18.0 Å². The zero-order valence-corrected chi connectivity index (χ0v) is 13.8. The minimum absolute atomic E-state index is 0.0311. The predicted octanol–water partition coefficient (Wildman–Crippen LogP) is 3.47. The van der Waals surface area contributed by atoms with Gasteiger partial charge in [0.2, 0.25) is 0 Å². The van der Waals surface area contributed by atoms with E-state index in [-0.39, 0.29) is 22.9 Å². The number of benzene rings is 1. The van der Waals surface area contributed by atoms with Gasteiger partial charge in [0.15, 0.2) is 5.65 Å². The lowest BCUT2D eigenvalue weighted by Gasteiger charge is -2.14. The van der Waals surface area contributed by atoms with E-state index in [1.165, 1.54) is 12.5 Å². The average Bonchev–Trinajstić information content (AvgIpc) is 3.17. The van der Waals surface area contributed by atoms with Gasteiger partial charge in [-0.15, -0.1) is 0 Å². The van der Waals surface area contributed by atoms with Crippen molar-refractivity contribution >= 4 is 11.6 Å². The van der Waals surface area contributed by atoms with E-state index in [1.54, 1.807) is 0 Å². The van der Waals surface area contributed by atoms with Gasteiger partial charge in [0, 0.05) is 5.69 Å². The number of hydrogen-bond acceptors (Lipinski definition) is 3. The smallest absolute Gasteiger partial charge is 0.345 e. The first-order chi connectivity index (χ1) is 12.3. The molecule has 0 unspecified atom stereocenters. The number of amides is 1. The van der Waals surface area contributed by atoms with Gasteiger partial charge >= 0.3 is 6.18 Å². The number of nitrogens with zero attached hydrogens (tertiary/aromatic N) is 3. The molecule has 1 aromatic carbocycles. The van der Waals surface area contributed by atoms with Crippen molar-refractivity contribution in [1.82, 2.24) is 19.9 Å². The van der Waals surface area contributed by atoms with Gasteiger partial charge in [-0.1, -0.05) is 24.3 Å². The Morgan fingerprint density at radius 3 is 2.85 bits per heavy atom. The second-order valence-corrected chi connectivity index (χ2v) is 6.34. The van der Waals surface area contributed by atoms with Crippen LogP contribution in [0.25, 0.3) is 5.65 Å². The number of carbonyl (C=O) groups is 1. The van der Waals surface area contributed by atoms with E-state index in [9.17, 15) is 18.0 Å². The molecular formula is C18H15F3N4O. The maximum Gasteiger partial charge on any atom is 0.433 e. The summed E-state index contributed by atoms with van der Waals surface area (Å²) in [6.07, 6.45) is -1.85. The number of rotatable bonds is 2. The number of alkyl halides is 3. The lowest BCUT2D eigenvalue weighted by atomic mass is 10.1. The zero-order chi connectivity index (χ0) is 18.5. The number of nitrogens with one attached hydrogen (secondary N) is 1. The summed E-state index contributed by atoms with van der Waals surface area (Å²) >= 11 is 0. The Bertz CT molecular complexity index is 1010. The number of aryl methyl sites for hydroxylation is 2. The fourth-order valence-corrected chi connectivity index (χ4v) is 3.39. The molecule has 0 spiro atoms. The fourth-order valence-electron chi connectivity index (χ4n) is 3.39. The molecule has 1 aliphatic rings. The third-order valence-electron chi connectivity index (χ3n) is 4.57. The van der Waals surface area contributed by atoms with Gasteiger partial charge in [-0.3, -0.25) is 4.79 Å². The third kappa shape index (κ3) is 2.71. The molecule has 4 rings (SSSR count). The molecule has 1 N–H and O–H groups in total. The van der Waals surface area contributed by atoms with Crippen LogP contribution in [0.5, 0.6) is 0 Å². The molecule has 1 amide bonds. The predicted molar refractivity (Wildman–Crippen MR) is 87.7 cm³/mol. The van der Waals surface area contributed by atoms with Crippen molar-refractivity contribution in [2.45, 2.75) is 32.0 Å². The van der Waals surface area contributed by atoms with E-state index in [0.29, 0.717) is 4.52 Å². The SMILES string of the molecule is Cc1cc(C(F)(F)F)n2ncc(C(=O)N[C@@H]3CCc4ccccc43)c2n1. The third-order valence-corrected chi connectivity index (χ3v) is 4.57. The second kappa shape index (κ2) is 5.82. The number of carbonyl (C=O) groups excluding carboxylic acids is 1. The van der Waals surface area contributed by atoms with Crippen LogP contribution in [-0.2, 0) is 12.6 Å². The highest BCUT2D eigenvalue weighted by Crippen LogP contribution is 2.32. The molecule has 0 fully saturated rings. The van der Waals surface area contributed by atoms with Crippen LogP contribution >= 0.6 is 0 Å². The Balaban J connectivity index is 1.69. The molecule has 0 saturated heterocycles. The van der Waals surface area contributed by atoms with E-state index in [0.717, 1.165) is 30.7 Å². The molecular weight excluding hydrogens is 345 g/mol. The summed E-state index contributed by atoms with van der Waals surface area (Å²) in [5.74, 6) is -0.479. The summed E-state index contributed by atoms with van der Waals surface area (Å²) in [6.45, 7) is 1.46. The molecule has 134 valence electrons. The molecule has 0 saturated carbocycles. The first kappa shape index (κ1) is 16.6. The van der Waals surface area contributed by atoms with Crippen molar-refractivity contribution in [3.63, 3.8) is 0 Å². The summed E-state index contributed by atoms with van der Waals surface area (Å²) in [5, 5.41) is 6.63. The normalized spacial score (nSPS) is 16.7. The first-order valence-electron chi connectivity index (χ1n) is 8.16. The van der Waals surface area contributed by atoms with Crippen LogP contribution in [0.4, 0.5) is 13.2 Å². The van der Waals surface area contributed by atoms with Crippen LogP contribution in [0.1, 0.15) is 45.3 Å². The van der Waals surface area contributed by atoms with E-state index in [2.05, 4.69) is 15.4 Å². The summed E-state index contributed by atoms with van der Waals surface area (Å²) < 4.78 is 40.3. The molecule has 3 aromatic rings. The van der Waals surface area contributed by atoms with E-state index in [1.807, 2.05) is 24.3 Å². The zero-order valence-electron chi connectivity index (χ0n) is 13.8. The number of hydrogen-bond donors (Lipinski definition) is 1. The second-order valence-electron chi connectivity index (χ2n) is 6.34. The molecule has 2 heterocycles. The quantitative estimate of drug-likeness (QED) is 0.761. The lowest BCUT2D eigenvalue weighted by molar-refractivity contribution is -0.142. The van der Waals surface area contributed by atoms with Crippen LogP contribution < -0.4 is 5.32 Å². The van der Waals surface area contributed by atoms with Crippen molar-refractivity contribution in [3.05, 3.63) is 64.6 Å². The van der Waals surface area contributed by atoms with Gasteiger partial charge in [-0.25, -0.2) is 9.50 Å². The van der Waals surface area contributed by atoms with Gasteiger partial charge in [0.05, 0.1) is 12.2 Å². The molecule has 0 radical (unpaired) electrons.